The van der Waals surface area contributed by atoms with Crippen molar-refractivity contribution in [3.8, 4) is 0 Å². The molecule has 0 aliphatic carbocycles. The van der Waals surface area contributed by atoms with Gasteiger partial charge in [0.05, 0.1) is 6.54 Å². The summed E-state index contributed by atoms with van der Waals surface area (Å²) in [6.45, 7) is 0.510. The third-order valence-electron chi connectivity index (χ3n) is 1.55. The number of nitrogens with zero attached hydrogens (tertiary/aromatic N) is 2. The fourth-order valence-electron chi connectivity index (χ4n) is 0.899. The van der Waals surface area contributed by atoms with Crippen molar-refractivity contribution in [2.75, 3.05) is 6.54 Å². The Morgan fingerprint density at radius 1 is 1.15 bits per heavy atom. The summed E-state index contributed by atoms with van der Waals surface area (Å²) in [6.07, 6.45) is 5.75. The largest absolute Gasteiger partial charge is 0.309 e. The van der Waals surface area contributed by atoms with E-state index in [1.54, 1.807) is 0 Å². The van der Waals surface area contributed by atoms with Crippen LogP contribution in [0.5, 0.6) is 0 Å². The van der Waals surface area contributed by atoms with Crippen LogP contribution in [0.15, 0.2) is 9.98 Å². The first-order valence-corrected chi connectivity index (χ1v) is 4.17. The third kappa shape index (κ3) is 8.63. The lowest BCUT2D eigenvalue weighted by Gasteiger charge is -2.01. The van der Waals surface area contributed by atoms with E-state index in [0.717, 1.165) is 19.3 Å². The molecule has 0 aromatic rings. The van der Waals surface area contributed by atoms with Crippen molar-refractivity contribution in [1.82, 2.24) is 0 Å². The Labute approximate surface area is 76.7 Å². The van der Waals surface area contributed by atoms with Gasteiger partial charge in [0, 0.05) is 0 Å². The molecule has 72 valence electrons. The Balaban J connectivity index is 3.24. The van der Waals surface area contributed by atoms with Crippen molar-refractivity contribution in [2.24, 2.45) is 15.7 Å². The predicted octanol–water partition coefficient (Wildman–Crippen LogP) is 0.503. The highest BCUT2D eigenvalue weighted by Gasteiger charge is 1.97. The van der Waals surface area contributed by atoms with E-state index in [-0.39, 0.29) is 0 Å². The molecule has 5 heteroatoms. The van der Waals surface area contributed by atoms with E-state index in [9.17, 15) is 9.59 Å². The van der Waals surface area contributed by atoms with Gasteiger partial charge in [0.25, 0.3) is 0 Å². The minimum absolute atomic E-state index is 0.438. The lowest BCUT2D eigenvalue weighted by molar-refractivity contribution is 0.538. The number of isocyanates is 2. The van der Waals surface area contributed by atoms with Gasteiger partial charge in [-0.3, -0.25) is 0 Å². The van der Waals surface area contributed by atoms with Crippen LogP contribution in [0, 0.1) is 0 Å². The monoisotopic (exact) mass is 183 g/mol. The maximum atomic E-state index is 9.76. The van der Waals surface area contributed by atoms with Crippen LogP contribution in [0.3, 0.4) is 0 Å². The molecule has 0 radical (unpaired) electrons. The zero-order chi connectivity index (χ0) is 9.94. The van der Waals surface area contributed by atoms with E-state index in [1.807, 2.05) is 0 Å². The molecule has 0 bridgehead atoms. The molecule has 0 fully saturated rings. The van der Waals surface area contributed by atoms with E-state index in [1.165, 1.54) is 12.2 Å². The van der Waals surface area contributed by atoms with Crippen molar-refractivity contribution in [3.63, 3.8) is 0 Å². The molecule has 0 aromatic carbocycles. The predicted molar refractivity (Wildman–Crippen MR) is 47.6 cm³/mol. The van der Waals surface area contributed by atoms with Gasteiger partial charge in [-0.15, -0.1) is 0 Å². The summed E-state index contributed by atoms with van der Waals surface area (Å²) in [5.74, 6) is 0. The molecular weight excluding hydrogens is 170 g/mol. The molecule has 0 heterocycles. The van der Waals surface area contributed by atoms with Gasteiger partial charge in [0.15, 0.2) is 0 Å². The van der Waals surface area contributed by atoms with E-state index in [0.29, 0.717) is 13.0 Å². The zero-order valence-electron chi connectivity index (χ0n) is 7.40. The van der Waals surface area contributed by atoms with Gasteiger partial charge >= 0.3 is 0 Å². The Hall–Kier alpha value is -1.28. The molecule has 13 heavy (non-hydrogen) atoms. The van der Waals surface area contributed by atoms with Gasteiger partial charge < -0.3 is 5.73 Å². The highest BCUT2D eigenvalue weighted by Crippen LogP contribution is 2.02. The number of carbonyl (C=O) groups excluding carboxylic acids is 2. The average molecular weight is 183 g/mol. The minimum atomic E-state index is -0.438. The number of unbranched alkanes of at least 4 members (excludes halogenated alkanes) is 2. The van der Waals surface area contributed by atoms with Crippen molar-refractivity contribution in [3.05, 3.63) is 0 Å². The first-order valence-electron chi connectivity index (χ1n) is 4.17. The second-order valence-electron chi connectivity index (χ2n) is 2.61. The summed E-state index contributed by atoms with van der Waals surface area (Å²) in [4.78, 5) is 26.2. The summed E-state index contributed by atoms with van der Waals surface area (Å²) in [5.41, 5.74) is 5.41. The summed E-state index contributed by atoms with van der Waals surface area (Å²) >= 11 is 0. The first-order chi connectivity index (χ1) is 6.31. The summed E-state index contributed by atoms with van der Waals surface area (Å²) in [5, 5.41) is 0. The second-order valence-corrected chi connectivity index (χ2v) is 2.61. The van der Waals surface area contributed by atoms with Crippen LogP contribution in [0.2, 0.25) is 0 Å². The van der Waals surface area contributed by atoms with Gasteiger partial charge in [-0.2, -0.15) is 4.99 Å². The lowest BCUT2D eigenvalue weighted by Crippen LogP contribution is -2.16. The zero-order valence-corrected chi connectivity index (χ0v) is 7.40. The minimum Gasteiger partial charge on any atom is -0.309 e. The van der Waals surface area contributed by atoms with Crippen molar-refractivity contribution < 1.29 is 9.59 Å². The summed E-state index contributed by atoms with van der Waals surface area (Å²) in [7, 11) is 0. The van der Waals surface area contributed by atoms with Gasteiger partial charge in [-0.25, -0.2) is 14.6 Å². The van der Waals surface area contributed by atoms with Crippen LogP contribution < -0.4 is 5.73 Å². The highest BCUT2D eigenvalue weighted by atomic mass is 16.1. The Bertz CT molecular complexity index is 217. The maximum Gasteiger partial charge on any atom is 0.236 e. The van der Waals surface area contributed by atoms with Crippen molar-refractivity contribution in [1.29, 1.82) is 0 Å². The quantitative estimate of drug-likeness (QED) is 0.354. The Kier molecular flexibility index (Phi) is 7.95. The van der Waals surface area contributed by atoms with E-state index < -0.39 is 6.17 Å². The normalized spacial score (nSPS) is 11.2. The number of aliphatic imine (C=N–C) groups is 2. The van der Waals surface area contributed by atoms with Gasteiger partial charge in [-0.05, 0) is 19.3 Å². The molecule has 0 saturated heterocycles. The molecular formula is C8H13N3O2. The average Bonchev–Trinajstić information content (AvgIpc) is 2.11. The standard InChI is InChI=1S/C8H13N3O2/c9-8(11-7-13)4-2-1-3-5-10-6-12/h8H,1-5,9H2. The lowest BCUT2D eigenvalue weighted by atomic mass is 10.2. The summed E-state index contributed by atoms with van der Waals surface area (Å²) < 4.78 is 0. The smallest absolute Gasteiger partial charge is 0.236 e. The fraction of sp³-hybridized carbons (Fsp3) is 0.750. The third-order valence-corrected chi connectivity index (χ3v) is 1.55. The van der Waals surface area contributed by atoms with E-state index >= 15 is 0 Å². The Morgan fingerprint density at radius 3 is 2.54 bits per heavy atom. The van der Waals surface area contributed by atoms with Crippen molar-refractivity contribution >= 4 is 12.2 Å². The Morgan fingerprint density at radius 2 is 1.92 bits per heavy atom. The molecule has 0 aromatic heterocycles. The molecule has 0 rings (SSSR count). The molecule has 0 saturated carbocycles. The molecule has 0 amide bonds. The summed E-state index contributed by atoms with van der Waals surface area (Å²) in [6, 6.07) is 0. The van der Waals surface area contributed by atoms with Crippen LogP contribution in [0.25, 0.3) is 0 Å². The molecule has 1 atom stereocenters. The van der Waals surface area contributed by atoms with Crippen LogP contribution in [0.4, 0.5) is 0 Å². The molecule has 0 spiro atoms. The van der Waals surface area contributed by atoms with Crippen molar-refractivity contribution in [2.45, 2.75) is 31.8 Å². The SMILES string of the molecule is NC(CCCCCN=C=O)N=C=O. The van der Waals surface area contributed by atoms with Crippen LogP contribution >= 0.6 is 0 Å². The molecule has 0 aliphatic rings. The van der Waals surface area contributed by atoms with Crippen LogP contribution in [-0.2, 0) is 9.59 Å². The molecule has 5 nitrogen and oxygen atoms in total. The molecule has 0 aliphatic heterocycles. The van der Waals surface area contributed by atoms with Gasteiger partial charge in [-0.1, -0.05) is 6.42 Å². The fourth-order valence-corrected chi connectivity index (χ4v) is 0.899. The highest BCUT2D eigenvalue weighted by molar-refractivity contribution is 5.33. The topological polar surface area (TPSA) is 84.9 Å². The first kappa shape index (κ1) is 11.7. The number of rotatable bonds is 7. The van der Waals surface area contributed by atoms with Crippen LogP contribution in [0.1, 0.15) is 25.7 Å². The molecule has 1 unspecified atom stereocenters. The number of hydrogen-bond acceptors (Lipinski definition) is 5. The van der Waals surface area contributed by atoms with Crippen LogP contribution in [-0.4, -0.2) is 24.9 Å². The van der Waals surface area contributed by atoms with E-state index in [4.69, 9.17) is 5.73 Å². The van der Waals surface area contributed by atoms with Gasteiger partial charge in [0.1, 0.15) is 6.17 Å². The van der Waals surface area contributed by atoms with Gasteiger partial charge in [0.2, 0.25) is 12.2 Å². The molecule has 2 N–H and O–H groups in total. The maximum absolute atomic E-state index is 9.76. The number of hydrogen-bond donors (Lipinski definition) is 1. The van der Waals surface area contributed by atoms with E-state index in [2.05, 4.69) is 9.98 Å². The second kappa shape index (κ2) is 8.81. The number of nitrogens with two attached hydrogens (primary N) is 1.